The lowest BCUT2D eigenvalue weighted by Crippen LogP contribution is -2.43. The molecule has 1 aromatic rings. The zero-order chi connectivity index (χ0) is 20.6. The second-order valence-corrected chi connectivity index (χ2v) is 7.63. The smallest absolute Gasteiger partial charge is 0.253 e. The standard InChI is InChI=1S/C22H32N2O5/c1-3-23(15-20-5-4-14-28-20)22(26)17-6-8-18(9-7-17)29-19-10-12-24(13-11-19)21(25)16-27-2/h6-9,19-20H,3-5,10-16H2,1-2H3. The van der Waals surface area contributed by atoms with Crippen LogP contribution in [0.3, 0.4) is 0 Å². The van der Waals surface area contributed by atoms with Crippen molar-refractivity contribution in [2.24, 2.45) is 0 Å². The Balaban J connectivity index is 1.49. The molecule has 1 unspecified atom stereocenters. The van der Waals surface area contributed by atoms with E-state index < -0.39 is 0 Å². The Morgan fingerprint density at radius 3 is 2.48 bits per heavy atom. The van der Waals surface area contributed by atoms with Crippen molar-refractivity contribution in [3.8, 4) is 5.75 Å². The van der Waals surface area contributed by atoms with Gasteiger partial charge in [-0.2, -0.15) is 0 Å². The molecule has 0 aromatic heterocycles. The summed E-state index contributed by atoms with van der Waals surface area (Å²) in [6.07, 6.45) is 3.91. The highest BCUT2D eigenvalue weighted by molar-refractivity contribution is 5.94. The largest absolute Gasteiger partial charge is 0.490 e. The molecule has 2 amide bonds. The molecular formula is C22H32N2O5. The molecule has 0 bridgehead atoms. The Hall–Kier alpha value is -2.12. The Bertz CT molecular complexity index is 664. The SMILES string of the molecule is CCN(CC1CCCO1)C(=O)c1ccc(OC2CCN(C(=O)COC)CC2)cc1. The molecule has 0 spiro atoms. The summed E-state index contributed by atoms with van der Waals surface area (Å²) in [4.78, 5) is 28.3. The van der Waals surface area contributed by atoms with Crippen LogP contribution in [0.1, 0.15) is 43.0 Å². The van der Waals surface area contributed by atoms with Gasteiger partial charge in [-0.3, -0.25) is 9.59 Å². The zero-order valence-corrected chi connectivity index (χ0v) is 17.5. The van der Waals surface area contributed by atoms with Crippen LogP contribution in [0.4, 0.5) is 0 Å². The van der Waals surface area contributed by atoms with Crippen LogP contribution in [0.25, 0.3) is 0 Å². The Labute approximate surface area is 172 Å². The predicted molar refractivity (Wildman–Crippen MR) is 109 cm³/mol. The van der Waals surface area contributed by atoms with Crippen molar-refractivity contribution in [1.82, 2.24) is 9.80 Å². The highest BCUT2D eigenvalue weighted by atomic mass is 16.5. The maximum atomic E-state index is 12.8. The highest BCUT2D eigenvalue weighted by Gasteiger charge is 2.25. The number of benzene rings is 1. The van der Waals surface area contributed by atoms with Gasteiger partial charge >= 0.3 is 0 Å². The van der Waals surface area contributed by atoms with Gasteiger partial charge in [-0.25, -0.2) is 0 Å². The molecule has 2 fully saturated rings. The van der Waals surface area contributed by atoms with Crippen molar-refractivity contribution in [3.05, 3.63) is 29.8 Å². The first-order valence-electron chi connectivity index (χ1n) is 10.5. The summed E-state index contributed by atoms with van der Waals surface area (Å²) in [5, 5.41) is 0. The molecule has 1 atom stereocenters. The summed E-state index contributed by atoms with van der Waals surface area (Å²) >= 11 is 0. The molecule has 160 valence electrons. The molecule has 2 aliphatic heterocycles. The number of carbonyl (C=O) groups excluding carboxylic acids is 2. The van der Waals surface area contributed by atoms with Gasteiger partial charge in [-0.05, 0) is 44.0 Å². The lowest BCUT2D eigenvalue weighted by atomic mass is 10.1. The van der Waals surface area contributed by atoms with Crippen LogP contribution in [0.2, 0.25) is 0 Å². The summed E-state index contributed by atoms with van der Waals surface area (Å²) in [6, 6.07) is 7.37. The molecule has 0 N–H and O–H groups in total. The Morgan fingerprint density at radius 1 is 1.17 bits per heavy atom. The number of piperidine rings is 1. The van der Waals surface area contributed by atoms with Crippen molar-refractivity contribution in [2.45, 2.75) is 44.8 Å². The number of likely N-dealkylation sites (N-methyl/N-ethyl adjacent to an activating group) is 1. The summed E-state index contributed by atoms with van der Waals surface area (Å²) in [5.41, 5.74) is 0.664. The van der Waals surface area contributed by atoms with Crippen molar-refractivity contribution < 1.29 is 23.8 Å². The van der Waals surface area contributed by atoms with E-state index in [0.717, 1.165) is 38.0 Å². The number of hydrogen-bond acceptors (Lipinski definition) is 5. The summed E-state index contributed by atoms with van der Waals surface area (Å²) in [7, 11) is 1.53. The van der Waals surface area contributed by atoms with E-state index in [0.29, 0.717) is 31.7 Å². The van der Waals surface area contributed by atoms with Gasteiger partial charge in [0.25, 0.3) is 5.91 Å². The number of hydrogen-bond donors (Lipinski definition) is 0. The van der Waals surface area contributed by atoms with Gasteiger partial charge in [-0.1, -0.05) is 0 Å². The second kappa shape index (κ2) is 10.6. The van der Waals surface area contributed by atoms with E-state index in [4.69, 9.17) is 14.2 Å². The molecule has 0 aliphatic carbocycles. The van der Waals surface area contributed by atoms with Crippen LogP contribution in [0.5, 0.6) is 5.75 Å². The molecule has 2 saturated heterocycles. The maximum absolute atomic E-state index is 12.8. The fourth-order valence-electron chi connectivity index (χ4n) is 3.88. The van der Waals surface area contributed by atoms with Gasteiger partial charge < -0.3 is 24.0 Å². The zero-order valence-electron chi connectivity index (χ0n) is 17.5. The van der Waals surface area contributed by atoms with Crippen molar-refractivity contribution in [3.63, 3.8) is 0 Å². The van der Waals surface area contributed by atoms with Crippen LogP contribution in [0, 0.1) is 0 Å². The highest BCUT2D eigenvalue weighted by Crippen LogP contribution is 2.21. The number of carbonyl (C=O) groups is 2. The molecule has 0 radical (unpaired) electrons. The fourth-order valence-corrected chi connectivity index (χ4v) is 3.88. The number of methoxy groups -OCH3 is 1. The van der Waals surface area contributed by atoms with E-state index in [1.54, 1.807) is 0 Å². The average molecular weight is 405 g/mol. The number of amides is 2. The molecule has 1 aromatic carbocycles. The summed E-state index contributed by atoms with van der Waals surface area (Å²) in [5.74, 6) is 0.808. The van der Waals surface area contributed by atoms with Crippen LogP contribution in [-0.4, -0.2) is 80.3 Å². The first kappa shape index (κ1) is 21.6. The molecule has 7 heteroatoms. The van der Waals surface area contributed by atoms with Gasteiger partial charge in [0.05, 0.1) is 6.10 Å². The van der Waals surface area contributed by atoms with Crippen LogP contribution in [-0.2, 0) is 14.3 Å². The number of ether oxygens (including phenoxy) is 3. The topological polar surface area (TPSA) is 68.3 Å². The lowest BCUT2D eigenvalue weighted by molar-refractivity contribution is -0.136. The first-order chi connectivity index (χ1) is 14.1. The van der Waals surface area contributed by atoms with E-state index in [1.807, 2.05) is 41.0 Å². The van der Waals surface area contributed by atoms with E-state index >= 15 is 0 Å². The molecule has 2 heterocycles. The monoisotopic (exact) mass is 404 g/mol. The third-order valence-electron chi connectivity index (χ3n) is 5.58. The van der Waals surface area contributed by atoms with Crippen LogP contribution >= 0.6 is 0 Å². The minimum atomic E-state index is 0.0253. The van der Waals surface area contributed by atoms with E-state index in [2.05, 4.69) is 0 Å². The average Bonchev–Trinajstić information content (AvgIpc) is 3.26. The van der Waals surface area contributed by atoms with Gasteiger partial charge in [0, 0.05) is 58.3 Å². The molecule has 7 nitrogen and oxygen atoms in total. The molecular weight excluding hydrogens is 372 g/mol. The second-order valence-electron chi connectivity index (χ2n) is 7.63. The van der Waals surface area contributed by atoms with Crippen molar-refractivity contribution in [2.75, 3.05) is 46.5 Å². The first-order valence-corrected chi connectivity index (χ1v) is 10.5. The third kappa shape index (κ3) is 5.93. The van der Waals surface area contributed by atoms with Gasteiger partial charge in [0.1, 0.15) is 18.5 Å². The van der Waals surface area contributed by atoms with Gasteiger partial charge in [-0.15, -0.1) is 0 Å². The van der Waals surface area contributed by atoms with Gasteiger partial charge in [0.2, 0.25) is 5.91 Å². The third-order valence-corrected chi connectivity index (χ3v) is 5.58. The van der Waals surface area contributed by atoms with Crippen molar-refractivity contribution in [1.29, 1.82) is 0 Å². The summed E-state index contributed by atoms with van der Waals surface area (Å²) < 4.78 is 16.6. The lowest BCUT2D eigenvalue weighted by Gasteiger charge is -2.32. The number of rotatable bonds is 8. The fraction of sp³-hybridized carbons (Fsp3) is 0.636. The van der Waals surface area contributed by atoms with Crippen LogP contribution in [0.15, 0.2) is 24.3 Å². The predicted octanol–water partition coefficient (Wildman–Crippen LogP) is 2.34. The van der Waals surface area contributed by atoms with Gasteiger partial charge in [0.15, 0.2) is 0 Å². The van der Waals surface area contributed by atoms with Crippen LogP contribution < -0.4 is 4.74 Å². The van der Waals surface area contributed by atoms with E-state index in [1.165, 1.54) is 7.11 Å². The number of likely N-dealkylation sites (tertiary alicyclic amines) is 1. The van der Waals surface area contributed by atoms with Crippen molar-refractivity contribution >= 4 is 11.8 Å². The molecule has 3 rings (SSSR count). The molecule has 2 aliphatic rings. The Kier molecular flexibility index (Phi) is 7.89. The molecule has 29 heavy (non-hydrogen) atoms. The molecule has 0 saturated carbocycles. The Morgan fingerprint density at radius 2 is 1.90 bits per heavy atom. The van der Waals surface area contributed by atoms with E-state index in [-0.39, 0.29) is 30.6 Å². The maximum Gasteiger partial charge on any atom is 0.253 e. The minimum Gasteiger partial charge on any atom is -0.490 e. The van der Waals surface area contributed by atoms with E-state index in [9.17, 15) is 9.59 Å². The number of nitrogens with zero attached hydrogens (tertiary/aromatic N) is 2. The minimum absolute atomic E-state index is 0.0253. The summed E-state index contributed by atoms with van der Waals surface area (Å²) in [6.45, 7) is 5.58. The normalized spacial score (nSPS) is 19.9. The quantitative estimate of drug-likeness (QED) is 0.665.